The van der Waals surface area contributed by atoms with Crippen molar-refractivity contribution < 1.29 is 34.2 Å². The van der Waals surface area contributed by atoms with Crippen LogP contribution in [0.1, 0.15) is 31.4 Å². The lowest BCUT2D eigenvalue weighted by molar-refractivity contribution is -0.143. The molecule has 0 aliphatic rings. The molecule has 0 bridgehead atoms. The lowest BCUT2D eigenvalue weighted by atomic mass is 10.1. The van der Waals surface area contributed by atoms with Crippen LogP contribution >= 0.6 is 0 Å². The second kappa shape index (κ2) is 14.6. The number of rotatable bonds is 16. The summed E-state index contributed by atoms with van der Waals surface area (Å²) in [7, 11) is 0. The quantitative estimate of drug-likeness (QED) is 0.102. The van der Waals surface area contributed by atoms with Gasteiger partial charge in [-0.2, -0.15) is 0 Å². The maximum atomic E-state index is 12.6. The van der Waals surface area contributed by atoms with Crippen LogP contribution in [0.15, 0.2) is 12.5 Å². The minimum Gasteiger partial charge on any atom is -0.480 e. The molecule has 190 valence electrons. The molecule has 1 aromatic rings. The summed E-state index contributed by atoms with van der Waals surface area (Å²) >= 11 is 0. The molecule has 0 aliphatic heterocycles. The van der Waals surface area contributed by atoms with Gasteiger partial charge in [-0.25, -0.2) is 9.78 Å². The second-order valence-corrected chi connectivity index (χ2v) is 7.55. The molecular formula is C19H32N8O7. The molecule has 12 N–H and O–H groups in total. The highest BCUT2D eigenvalue weighted by Crippen LogP contribution is 2.03. The Morgan fingerprint density at radius 3 is 2.15 bits per heavy atom. The van der Waals surface area contributed by atoms with Gasteiger partial charge in [-0.1, -0.05) is 0 Å². The molecule has 1 heterocycles. The van der Waals surface area contributed by atoms with Gasteiger partial charge in [0.15, 0.2) is 0 Å². The number of aliphatic carboxylic acids is 1. The van der Waals surface area contributed by atoms with Crippen molar-refractivity contribution >= 4 is 29.6 Å². The van der Waals surface area contributed by atoms with Gasteiger partial charge in [-0.15, -0.1) is 0 Å². The number of nitrogens with two attached hydrogens (primary N) is 3. The topological polar surface area (TPSA) is 269 Å². The number of carboxylic acid groups (broad SMARTS) is 1. The van der Waals surface area contributed by atoms with Crippen LogP contribution in [-0.2, 0) is 30.4 Å². The Labute approximate surface area is 195 Å². The number of amides is 4. The van der Waals surface area contributed by atoms with Gasteiger partial charge in [0.1, 0.15) is 18.1 Å². The third-order valence-corrected chi connectivity index (χ3v) is 4.75. The Kier molecular flexibility index (Phi) is 12.2. The molecule has 0 saturated heterocycles. The van der Waals surface area contributed by atoms with E-state index >= 15 is 0 Å². The van der Waals surface area contributed by atoms with Crippen molar-refractivity contribution in [1.29, 1.82) is 0 Å². The molecule has 0 aromatic carbocycles. The van der Waals surface area contributed by atoms with E-state index in [0.717, 1.165) is 0 Å². The first-order chi connectivity index (χ1) is 16.1. The van der Waals surface area contributed by atoms with Crippen LogP contribution in [0.25, 0.3) is 0 Å². The first kappa shape index (κ1) is 28.5. The number of aromatic amines is 1. The predicted octanol–water partition coefficient (Wildman–Crippen LogP) is -4.18. The Morgan fingerprint density at radius 2 is 1.62 bits per heavy atom. The van der Waals surface area contributed by atoms with Gasteiger partial charge < -0.3 is 48.3 Å². The third kappa shape index (κ3) is 9.93. The number of nitrogens with zero attached hydrogens (tertiary/aromatic N) is 1. The molecule has 4 atom stereocenters. The van der Waals surface area contributed by atoms with Gasteiger partial charge in [-0.3, -0.25) is 19.2 Å². The highest BCUT2D eigenvalue weighted by Gasteiger charge is 2.30. The number of carbonyl (C=O) groups excluding carboxylic acids is 4. The monoisotopic (exact) mass is 484 g/mol. The average Bonchev–Trinajstić information content (AvgIpc) is 3.28. The summed E-state index contributed by atoms with van der Waals surface area (Å²) in [6.45, 7) is -0.516. The first-order valence-corrected chi connectivity index (χ1v) is 10.5. The molecule has 0 spiro atoms. The number of carbonyl (C=O) groups is 5. The van der Waals surface area contributed by atoms with Crippen molar-refractivity contribution in [3.05, 3.63) is 18.2 Å². The van der Waals surface area contributed by atoms with Crippen LogP contribution in [0.4, 0.5) is 0 Å². The van der Waals surface area contributed by atoms with Gasteiger partial charge in [0.05, 0.1) is 25.4 Å². The number of imidazole rings is 1. The number of unbranched alkanes of at least 4 members (excludes halogenated alkanes) is 1. The number of carboxylic acids is 1. The summed E-state index contributed by atoms with van der Waals surface area (Å²) in [4.78, 5) is 66.8. The van der Waals surface area contributed by atoms with E-state index in [9.17, 15) is 34.2 Å². The summed E-state index contributed by atoms with van der Waals surface area (Å²) in [5, 5.41) is 25.5. The van der Waals surface area contributed by atoms with Crippen molar-refractivity contribution in [2.45, 2.75) is 56.3 Å². The van der Waals surface area contributed by atoms with Gasteiger partial charge in [0.25, 0.3) is 0 Å². The normalized spacial score (nSPS) is 14.3. The van der Waals surface area contributed by atoms with Gasteiger partial charge in [-0.05, 0) is 25.8 Å². The van der Waals surface area contributed by atoms with Crippen molar-refractivity contribution in [2.75, 3.05) is 13.2 Å². The summed E-state index contributed by atoms with van der Waals surface area (Å²) in [5.74, 6) is -4.94. The summed E-state index contributed by atoms with van der Waals surface area (Å²) in [5.41, 5.74) is 16.9. The molecule has 15 nitrogen and oxygen atoms in total. The number of nitrogens with one attached hydrogen (secondary N) is 4. The Bertz CT molecular complexity index is 833. The smallest absolute Gasteiger partial charge is 0.326 e. The van der Waals surface area contributed by atoms with E-state index < -0.39 is 66.8 Å². The maximum absolute atomic E-state index is 12.6. The van der Waals surface area contributed by atoms with Crippen molar-refractivity contribution in [3.8, 4) is 0 Å². The standard InChI is InChI=1S/C19H32N8O7/c20-4-2-1-3-12(19(33)34)25-18(32)14(8-28)27-17(31)13(6-15(22)29)26-16(30)11(21)5-10-7-23-9-24-10/h7,9,11-14,28H,1-6,8,20-21H2,(H2,22,29)(H,23,24)(H,25,32)(H,26,30)(H,27,31)(H,33,34). The Morgan fingerprint density at radius 1 is 1.00 bits per heavy atom. The highest BCUT2D eigenvalue weighted by atomic mass is 16.4. The fourth-order valence-electron chi connectivity index (χ4n) is 2.90. The number of aliphatic hydroxyl groups excluding tert-OH is 1. The van der Waals surface area contributed by atoms with Crippen LogP contribution < -0.4 is 33.2 Å². The van der Waals surface area contributed by atoms with Crippen molar-refractivity contribution in [3.63, 3.8) is 0 Å². The number of primary amides is 1. The SMILES string of the molecule is NCCCCC(NC(=O)C(CO)NC(=O)C(CC(N)=O)NC(=O)C(N)Cc1cnc[nH]1)C(=O)O. The maximum Gasteiger partial charge on any atom is 0.326 e. The number of aromatic nitrogens is 2. The number of hydrogen-bond acceptors (Lipinski definition) is 9. The number of aliphatic hydroxyl groups is 1. The molecular weight excluding hydrogens is 452 g/mol. The van der Waals surface area contributed by atoms with Crippen LogP contribution in [0.3, 0.4) is 0 Å². The zero-order chi connectivity index (χ0) is 25.7. The Hall–Kier alpha value is -3.56. The average molecular weight is 485 g/mol. The van der Waals surface area contributed by atoms with Crippen molar-refractivity contribution in [2.24, 2.45) is 17.2 Å². The van der Waals surface area contributed by atoms with E-state index in [-0.39, 0.29) is 12.8 Å². The molecule has 4 unspecified atom stereocenters. The largest absolute Gasteiger partial charge is 0.480 e. The van der Waals surface area contributed by atoms with Gasteiger partial charge in [0.2, 0.25) is 23.6 Å². The second-order valence-electron chi connectivity index (χ2n) is 7.55. The van der Waals surface area contributed by atoms with E-state index in [2.05, 4.69) is 25.9 Å². The molecule has 34 heavy (non-hydrogen) atoms. The number of hydrogen-bond donors (Lipinski definition) is 9. The van der Waals surface area contributed by atoms with E-state index in [0.29, 0.717) is 25.1 Å². The molecule has 15 heteroatoms. The highest BCUT2D eigenvalue weighted by molar-refractivity contribution is 5.96. The Balaban J connectivity index is 2.79. The van der Waals surface area contributed by atoms with Crippen LogP contribution in [0.2, 0.25) is 0 Å². The minimum absolute atomic E-state index is 0.0686. The third-order valence-electron chi connectivity index (χ3n) is 4.75. The van der Waals surface area contributed by atoms with E-state index in [4.69, 9.17) is 17.2 Å². The van der Waals surface area contributed by atoms with Crippen LogP contribution in [-0.4, -0.2) is 87.1 Å². The molecule has 0 aliphatic carbocycles. The van der Waals surface area contributed by atoms with Gasteiger partial charge >= 0.3 is 5.97 Å². The molecule has 4 amide bonds. The number of H-pyrrole nitrogens is 1. The van der Waals surface area contributed by atoms with E-state index in [1.54, 1.807) is 0 Å². The first-order valence-electron chi connectivity index (χ1n) is 10.5. The molecule has 0 fully saturated rings. The molecule has 1 rings (SSSR count). The summed E-state index contributed by atoms with van der Waals surface area (Å²) in [6, 6.07) is -5.38. The van der Waals surface area contributed by atoms with Gasteiger partial charge in [0, 0.05) is 18.3 Å². The van der Waals surface area contributed by atoms with E-state index in [1.165, 1.54) is 12.5 Å². The summed E-state index contributed by atoms with van der Waals surface area (Å²) < 4.78 is 0. The zero-order valence-corrected chi connectivity index (χ0v) is 18.5. The molecule has 0 saturated carbocycles. The lowest BCUT2D eigenvalue weighted by Crippen LogP contribution is -2.58. The van der Waals surface area contributed by atoms with Crippen LogP contribution in [0.5, 0.6) is 0 Å². The van der Waals surface area contributed by atoms with Crippen molar-refractivity contribution in [1.82, 2.24) is 25.9 Å². The van der Waals surface area contributed by atoms with E-state index in [1.807, 2.05) is 0 Å². The fraction of sp³-hybridized carbons (Fsp3) is 0.579. The molecule has 0 radical (unpaired) electrons. The summed E-state index contributed by atoms with van der Waals surface area (Å²) in [6.07, 6.45) is 3.41. The fourth-order valence-corrected chi connectivity index (χ4v) is 2.90. The predicted molar refractivity (Wildman–Crippen MR) is 117 cm³/mol. The minimum atomic E-state index is -1.55. The van der Waals surface area contributed by atoms with Crippen LogP contribution in [0, 0.1) is 0 Å². The zero-order valence-electron chi connectivity index (χ0n) is 18.5. The molecule has 1 aromatic heterocycles. The lowest BCUT2D eigenvalue weighted by Gasteiger charge is -2.23.